The van der Waals surface area contributed by atoms with Crippen molar-refractivity contribution < 1.29 is 9.53 Å². The van der Waals surface area contributed by atoms with Crippen LogP contribution in [0.3, 0.4) is 0 Å². The number of nitrogens with zero attached hydrogens (tertiary/aromatic N) is 3. The Morgan fingerprint density at radius 3 is 2.77 bits per heavy atom. The fraction of sp³-hybridized carbons (Fsp3) is 0.261. The number of hydrogen-bond acceptors (Lipinski definition) is 5. The number of rotatable bonds is 5. The van der Waals surface area contributed by atoms with Gasteiger partial charge in [-0.1, -0.05) is 35.9 Å². The maximum atomic E-state index is 12.9. The lowest BCUT2D eigenvalue weighted by molar-refractivity contribution is -0.120. The van der Waals surface area contributed by atoms with Crippen LogP contribution in [-0.2, 0) is 4.79 Å². The van der Waals surface area contributed by atoms with Crippen LogP contribution in [0, 0.1) is 12.8 Å². The molecule has 1 aliphatic heterocycles. The van der Waals surface area contributed by atoms with Crippen molar-refractivity contribution in [1.82, 2.24) is 9.97 Å². The first-order chi connectivity index (χ1) is 14.6. The topological polar surface area (TPSA) is 67.4 Å². The maximum Gasteiger partial charge on any atom is 0.263 e. The Balaban J connectivity index is 1.47. The van der Waals surface area contributed by atoms with E-state index in [1.165, 1.54) is 0 Å². The maximum absolute atomic E-state index is 12.9. The predicted octanol–water partition coefficient (Wildman–Crippen LogP) is 5.09. The number of nitrogens with one attached hydrogen (secondary N) is 1. The highest BCUT2D eigenvalue weighted by Crippen LogP contribution is 2.31. The Bertz CT molecular complexity index is 1030. The van der Waals surface area contributed by atoms with Crippen LogP contribution >= 0.6 is 11.6 Å². The summed E-state index contributed by atoms with van der Waals surface area (Å²) in [7, 11) is 0. The molecule has 1 aliphatic rings. The molecule has 1 amide bonds. The molecule has 1 N–H and O–H groups in total. The zero-order chi connectivity index (χ0) is 20.9. The Labute approximate surface area is 180 Å². The van der Waals surface area contributed by atoms with Gasteiger partial charge in [-0.3, -0.25) is 4.79 Å². The lowest BCUT2D eigenvalue weighted by Gasteiger charge is -2.33. The first-order valence-electron chi connectivity index (χ1n) is 9.96. The molecular formula is C23H23ClN4O2. The number of benzene rings is 2. The molecule has 2 heterocycles. The third-order valence-electron chi connectivity index (χ3n) is 5.14. The zero-order valence-corrected chi connectivity index (χ0v) is 17.5. The quantitative estimate of drug-likeness (QED) is 0.620. The number of ether oxygens (including phenoxy) is 1. The van der Waals surface area contributed by atoms with E-state index in [9.17, 15) is 4.79 Å². The van der Waals surface area contributed by atoms with E-state index in [1.807, 2.05) is 49.4 Å². The lowest BCUT2D eigenvalue weighted by atomic mass is 9.97. The smallest absolute Gasteiger partial charge is 0.263 e. The molecule has 4 rings (SSSR count). The van der Waals surface area contributed by atoms with E-state index in [1.54, 1.807) is 18.5 Å². The van der Waals surface area contributed by atoms with E-state index in [0.717, 1.165) is 24.9 Å². The molecule has 3 aromatic rings. The van der Waals surface area contributed by atoms with Gasteiger partial charge in [0.25, 0.3) is 5.88 Å². The zero-order valence-electron chi connectivity index (χ0n) is 16.7. The Morgan fingerprint density at radius 1 is 1.17 bits per heavy atom. The molecule has 0 spiro atoms. The summed E-state index contributed by atoms with van der Waals surface area (Å²) < 4.78 is 5.95. The molecule has 1 saturated heterocycles. The summed E-state index contributed by atoms with van der Waals surface area (Å²) in [6, 6.07) is 15.0. The summed E-state index contributed by atoms with van der Waals surface area (Å²) >= 11 is 6.18. The van der Waals surface area contributed by atoms with E-state index in [0.29, 0.717) is 34.7 Å². The SMILES string of the molecule is Cc1ccc(NC(=O)[C@H]2CCCN(c3nccnc3Oc3ccccc3)C2)cc1Cl. The molecule has 0 unspecified atom stereocenters. The van der Waals surface area contributed by atoms with Crippen LogP contribution in [-0.4, -0.2) is 29.0 Å². The monoisotopic (exact) mass is 422 g/mol. The van der Waals surface area contributed by atoms with Gasteiger partial charge in [0, 0.05) is 36.2 Å². The average molecular weight is 423 g/mol. The van der Waals surface area contributed by atoms with Crippen LogP contribution in [0.25, 0.3) is 0 Å². The van der Waals surface area contributed by atoms with E-state index in [-0.39, 0.29) is 11.8 Å². The van der Waals surface area contributed by atoms with Gasteiger partial charge in [0.2, 0.25) is 5.91 Å². The van der Waals surface area contributed by atoms with Gasteiger partial charge < -0.3 is 15.0 Å². The number of halogens is 1. The largest absolute Gasteiger partial charge is 0.436 e. The van der Waals surface area contributed by atoms with Crippen molar-refractivity contribution in [3.63, 3.8) is 0 Å². The number of anilines is 2. The van der Waals surface area contributed by atoms with Gasteiger partial charge in [-0.05, 0) is 49.6 Å². The summed E-state index contributed by atoms with van der Waals surface area (Å²) in [5.74, 6) is 1.61. The molecule has 0 saturated carbocycles. The molecule has 2 aromatic carbocycles. The van der Waals surface area contributed by atoms with Crippen molar-refractivity contribution in [2.75, 3.05) is 23.3 Å². The first kappa shape index (κ1) is 20.2. The number of piperidine rings is 1. The van der Waals surface area contributed by atoms with E-state index in [4.69, 9.17) is 16.3 Å². The van der Waals surface area contributed by atoms with Crippen molar-refractivity contribution in [2.24, 2.45) is 5.92 Å². The highest BCUT2D eigenvalue weighted by Gasteiger charge is 2.28. The van der Waals surface area contributed by atoms with Gasteiger partial charge in [0.05, 0.1) is 5.92 Å². The average Bonchev–Trinajstić information content (AvgIpc) is 2.77. The van der Waals surface area contributed by atoms with Gasteiger partial charge >= 0.3 is 0 Å². The standard InChI is InChI=1S/C23H23ClN4O2/c1-16-9-10-18(14-20(16)24)27-22(29)17-6-5-13-28(15-17)21-23(26-12-11-25-21)30-19-7-3-2-4-8-19/h2-4,7-12,14,17H,5-6,13,15H2,1H3,(H,27,29)/t17-/m0/s1. The summed E-state index contributed by atoms with van der Waals surface area (Å²) in [6.07, 6.45) is 4.95. The predicted molar refractivity (Wildman–Crippen MR) is 118 cm³/mol. The number of hydrogen-bond donors (Lipinski definition) is 1. The minimum Gasteiger partial charge on any atom is -0.436 e. The van der Waals surface area contributed by atoms with E-state index < -0.39 is 0 Å². The minimum atomic E-state index is -0.162. The fourth-order valence-electron chi connectivity index (χ4n) is 3.51. The molecule has 1 aromatic heterocycles. The molecule has 154 valence electrons. The second-order valence-electron chi connectivity index (χ2n) is 7.34. The molecule has 0 radical (unpaired) electrons. The summed E-state index contributed by atoms with van der Waals surface area (Å²) in [5.41, 5.74) is 1.69. The molecule has 0 aliphatic carbocycles. The molecule has 1 fully saturated rings. The highest BCUT2D eigenvalue weighted by molar-refractivity contribution is 6.31. The molecule has 30 heavy (non-hydrogen) atoms. The van der Waals surface area contributed by atoms with Crippen LogP contribution in [0.4, 0.5) is 11.5 Å². The minimum absolute atomic E-state index is 0.0194. The second-order valence-corrected chi connectivity index (χ2v) is 7.75. The Hall–Kier alpha value is -3.12. The van der Waals surface area contributed by atoms with Gasteiger partial charge in [0.15, 0.2) is 5.82 Å². The summed E-state index contributed by atoms with van der Waals surface area (Å²) in [5, 5.41) is 3.63. The molecule has 7 heteroatoms. The fourth-order valence-corrected chi connectivity index (χ4v) is 3.69. The Morgan fingerprint density at radius 2 is 1.97 bits per heavy atom. The van der Waals surface area contributed by atoms with Gasteiger partial charge in [-0.15, -0.1) is 0 Å². The number of amides is 1. The molecule has 6 nitrogen and oxygen atoms in total. The van der Waals surface area contributed by atoms with Crippen molar-refractivity contribution >= 4 is 29.0 Å². The lowest BCUT2D eigenvalue weighted by Crippen LogP contribution is -2.41. The highest BCUT2D eigenvalue weighted by atomic mass is 35.5. The number of aromatic nitrogens is 2. The van der Waals surface area contributed by atoms with Gasteiger partial charge in [0.1, 0.15) is 5.75 Å². The number of carbonyl (C=O) groups is 1. The van der Waals surface area contributed by atoms with Gasteiger partial charge in [-0.25, -0.2) is 9.97 Å². The van der Waals surface area contributed by atoms with Crippen LogP contribution in [0.2, 0.25) is 5.02 Å². The van der Waals surface area contributed by atoms with Crippen molar-refractivity contribution in [2.45, 2.75) is 19.8 Å². The molecule has 1 atom stereocenters. The van der Waals surface area contributed by atoms with Gasteiger partial charge in [-0.2, -0.15) is 0 Å². The third kappa shape index (κ3) is 4.71. The third-order valence-corrected chi connectivity index (χ3v) is 5.54. The molecular weight excluding hydrogens is 400 g/mol. The number of para-hydroxylation sites is 1. The van der Waals surface area contributed by atoms with Crippen molar-refractivity contribution in [3.8, 4) is 11.6 Å². The van der Waals surface area contributed by atoms with Crippen LogP contribution in [0.15, 0.2) is 60.9 Å². The van der Waals surface area contributed by atoms with Crippen molar-refractivity contribution in [1.29, 1.82) is 0 Å². The normalized spacial score (nSPS) is 16.2. The van der Waals surface area contributed by atoms with Crippen molar-refractivity contribution in [3.05, 3.63) is 71.5 Å². The first-order valence-corrected chi connectivity index (χ1v) is 10.3. The summed E-state index contributed by atoms with van der Waals surface area (Å²) in [6.45, 7) is 3.28. The second kappa shape index (κ2) is 9.13. The summed E-state index contributed by atoms with van der Waals surface area (Å²) in [4.78, 5) is 23.8. The Kier molecular flexibility index (Phi) is 6.14. The van der Waals surface area contributed by atoms with Crippen LogP contribution in [0.5, 0.6) is 11.6 Å². The molecule has 0 bridgehead atoms. The number of carbonyl (C=O) groups excluding carboxylic acids is 1. The van der Waals surface area contributed by atoms with Crippen LogP contribution < -0.4 is 15.0 Å². The van der Waals surface area contributed by atoms with E-state index in [2.05, 4.69) is 20.2 Å². The van der Waals surface area contributed by atoms with E-state index >= 15 is 0 Å². The number of aryl methyl sites for hydroxylation is 1. The van der Waals surface area contributed by atoms with Crippen LogP contribution in [0.1, 0.15) is 18.4 Å².